The highest BCUT2D eigenvalue weighted by Crippen LogP contribution is 2.24. The van der Waals surface area contributed by atoms with Gasteiger partial charge in [-0.05, 0) is 43.9 Å². The molecule has 0 amide bonds. The van der Waals surface area contributed by atoms with E-state index < -0.39 is 10.0 Å². The molecule has 1 saturated heterocycles. The third kappa shape index (κ3) is 3.62. The van der Waals surface area contributed by atoms with E-state index in [4.69, 9.17) is 4.42 Å². The Kier molecular flexibility index (Phi) is 5.23. The third-order valence-corrected chi connectivity index (χ3v) is 5.53. The fraction of sp³-hybridized carbons (Fsp3) is 0.714. The molecule has 5 nitrogen and oxygen atoms in total. The zero-order valence-electron chi connectivity index (χ0n) is 12.3. The van der Waals surface area contributed by atoms with E-state index in [1.807, 2.05) is 6.92 Å². The molecule has 2 rings (SSSR count). The van der Waals surface area contributed by atoms with Crippen LogP contribution in [0, 0.1) is 5.92 Å². The van der Waals surface area contributed by atoms with Gasteiger partial charge in [-0.2, -0.15) is 4.31 Å². The average molecular weight is 300 g/mol. The Morgan fingerprint density at radius 1 is 1.35 bits per heavy atom. The highest BCUT2D eigenvalue weighted by atomic mass is 32.2. The molecule has 6 heteroatoms. The molecule has 0 aliphatic carbocycles. The van der Waals surface area contributed by atoms with Gasteiger partial charge in [0.1, 0.15) is 5.76 Å². The molecule has 1 unspecified atom stereocenters. The highest BCUT2D eigenvalue weighted by Gasteiger charge is 2.29. The summed E-state index contributed by atoms with van der Waals surface area (Å²) in [6.07, 6.45) is 2.94. The molecule has 114 valence electrons. The molecule has 1 N–H and O–H groups in total. The second kappa shape index (κ2) is 6.74. The van der Waals surface area contributed by atoms with E-state index in [1.54, 1.807) is 16.4 Å². The summed E-state index contributed by atoms with van der Waals surface area (Å²) in [5.41, 5.74) is 0. The van der Waals surface area contributed by atoms with Gasteiger partial charge in [0.05, 0.1) is 6.54 Å². The number of nitrogens with one attached hydrogen (secondary N) is 1. The summed E-state index contributed by atoms with van der Waals surface area (Å²) in [6, 6.07) is 3.30. The van der Waals surface area contributed by atoms with E-state index in [-0.39, 0.29) is 5.09 Å². The van der Waals surface area contributed by atoms with E-state index >= 15 is 0 Å². The molecule has 0 aromatic carbocycles. The van der Waals surface area contributed by atoms with Crippen molar-refractivity contribution >= 4 is 10.0 Å². The monoisotopic (exact) mass is 300 g/mol. The molecule has 0 radical (unpaired) electrons. The lowest BCUT2D eigenvalue weighted by Gasteiger charge is -2.18. The number of sulfonamides is 1. The zero-order valence-corrected chi connectivity index (χ0v) is 13.1. The van der Waals surface area contributed by atoms with Crippen LogP contribution < -0.4 is 5.32 Å². The van der Waals surface area contributed by atoms with Gasteiger partial charge in [0.15, 0.2) is 0 Å². The maximum Gasteiger partial charge on any atom is 0.276 e. The Bertz CT molecular complexity index is 524. The molecule has 1 fully saturated rings. The Labute approximate surface area is 121 Å². The van der Waals surface area contributed by atoms with Crippen molar-refractivity contribution in [1.29, 1.82) is 0 Å². The maximum atomic E-state index is 12.5. The van der Waals surface area contributed by atoms with Crippen LogP contribution in [0.5, 0.6) is 0 Å². The second-order valence-electron chi connectivity index (χ2n) is 5.44. The molecule has 1 atom stereocenters. The van der Waals surface area contributed by atoms with Crippen LogP contribution in [0.25, 0.3) is 0 Å². The van der Waals surface area contributed by atoms with E-state index in [0.29, 0.717) is 31.3 Å². The number of rotatable bonds is 5. The van der Waals surface area contributed by atoms with Gasteiger partial charge in [0.25, 0.3) is 10.0 Å². The van der Waals surface area contributed by atoms with Gasteiger partial charge in [0, 0.05) is 13.1 Å². The third-order valence-electron chi connectivity index (χ3n) is 3.76. The van der Waals surface area contributed by atoms with Crippen LogP contribution >= 0.6 is 0 Å². The fourth-order valence-electron chi connectivity index (χ4n) is 2.44. The van der Waals surface area contributed by atoms with Gasteiger partial charge < -0.3 is 9.73 Å². The summed E-state index contributed by atoms with van der Waals surface area (Å²) in [6.45, 7) is 6.75. The lowest BCUT2D eigenvalue weighted by molar-refractivity contribution is 0.366. The first-order chi connectivity index (χ1) is 9.54. The number of hydrogen-bond acceptors (Lipinski definition) is 4. The zero-order chi connectivity index (χ0) is 14.6. The van der Waals surface area contributed by atoms with Crippen molar-refractivity contribution < 1.29 is 12.8 Å². The Balaban J connectivity index is 2.10. The number of furan rings is 1. The van der Waals surface area contributed by atoms with Gasteiger partial charge in [-0.15, -0.1) is 0 Å². The molecular formula is C14H24N2O3S. The lowest BCUT2D eigenvalue weighted by Crippen LogP contribution is -2.31. The predicted octanol–water partition coefficient (Wildman–Crippen LogP) is 2.20. The topological polar surface area (TPSA) is 62.6 Å². The van der Waals surface area contributed by atoms with Gasteiger partial charge in [-0.25, -0.2) is 8.42 Å². The van der Waals surface area contributed by atoms with Crippen LogP contribution in [-0.2, 0) is 16.6 Å². The molecule has 0 saturated carbocycles. The van der Waals surface area contributed by atoms with E-state index in [0.717, 1.165) is 25.8 Å². The molecule has 20 heavy (non-hydrogen) atoms. The van der Waals surface area contributed by atoms with Crippen LogP contribution in [0.15, 0.2) is 21.6 Å². The van der Waals surface area contributed by atoms with Gasteiger partial charge in [-0.3, -0.25) is 0 Å². The van der Waals surface area contributed by atoms with Crippen molar-refractivity contribution in [2.45, 2.75) is 44.7 Å². The minimum Gasteiger partial charge on any atom is -0.447 e. The second-order valence-corrected chi connectivity index (χ2v) is 7.31. The first-order valence-corrected chi connectivity index (χ1v) is 8.77. The molecule has 0 bridgehead atoms. The molecule has 1 aliphatic rings. The molecule has 1 aromatic rings. The first-order valence-electron chi connectivity index (χ1n) is 7.33. The molecular weight excluding hydrogens is 276 g/mol. The highest BCUT2D eigenvalue weighted by molar-refractivity contribution is 7.89. The van der Waals surface area contributed by atoms with Crippen LogP contribution in [0.4, 0.5) is 0 Å². The lowest BCUT2D eigenvalue weighted by atomic mass is 10.0. The summed E-state index contributed by atoms with van der Waals surface area (Å²) in [7, 11) is -3.47. The van der Waals surface area contributed by atoms with Crippen LogP contribution in [0.1, 0.15) is 38.9 Å². The molecule has 0 spiro atoms. The van der Waals surface area contributed by atoms with Crippen molar-refractivity contribution in [2.24, 2.45) is 5.92 Å². The van der Waals surface area contributed by atoms with Crippen LogP contribution in [0.2, 0.25) is 0 Å². The number of nitrogens with zero attached hydrogens (tertiary/aromatic N) is 1. The van der Waals surface area contributed by atoms with Crippen molar-refractivity contribution in [2.75, 3.05) is 19.6 Å². The van der Waals surface area contributed by atoms with Crippen LogP contribution in [0.3, 0.4) is 0 Å². The van der Waals surface area contributed by atoms with Gasteiger partial charge in [0.2, 0.25) is 5.09 Å². The van der Waals surface area contributed by atoms with Crippen LogP contribution in [-0.4, -0.2) is 32.4 Å². The van der Waals surface area contributed by atoms with E-state index in [9.17, 15) is 8.42 Å². The molecule has 1 aliphatic heterocycles. The Hall–Kier alpha value is -0.850. The first kappa shape index (κ1) is 15.5. The minimum atomic E-state index is -3.47. The summed E-state index contributed by atoms with van der Waals surface area (Å²) >= 11 is 0. The van der Waals surface area contributed by atoms with Gasteiger partial charge >= 0.3 is 0 Å². The van der Waals surface area contributed by atoms with Crippen molar-refractivity contribution in [3.05, 3.63) is 17.9 Å². The largest absolute Gasteiger partial charge is 0.447 e. The maximum absolute atomic E-state index is 12.5. The van der Waals surface area contributed by atoms with Crippen molar-refractivity contribution in [3.8, 4) is 0 Å². The van der Waals surface area contributed by atoms with Crippen molar-refractivity contribution in [3.63, 3.8) is 0 Å². The van der Waals surface area contributed by atoms with E-state index in [2.05, 4.69) is 12.2 Å². The predicted molar refractivity (Wildman–Crippen MR) is 77.9 cm³/mol. The van der Waals surface area contributed by atoms with Gasteiger partial charge in [-0.1, -0.05) is 13.8 Å². The minimum absolute atomic E-state index is 0.0694. The summed E-state index contributed by atoms with van der Waals surface area (Å²) < 4.78 is 32.1. The molecule has 1 aromatic heterocycles. The Morgan fingerprint density at radius 3 is 2.90 bits per heavy atom. The standard InChI is InChI=1S/C14H24N2O3S/c1-3-15-11-13-6-7-14(19-13)20(17,18)16-9-4-5-12(2)8-10-16/h6-7,12,15H,3-5,8-11H2,1-2H3. The van der Waals surface area contributed by atoms with E-state index in [1.165, 1.54) is 0 Å². The quantitative estimate of drug-likeness (QED) is 0.905. The Morgan fingerprint density at radius 2 is 2.15 bits per heavy atom. The summed E-state index contributed by atoms with van der Waals surface area (Å²) in [5.74, 6) is 1.25. The molecule has 2 heterocycles. The van der Waals surface area contributed by atoms with Crippen molar-refractivity contribution in [1.82, 2.24) is 9.62 Å². The number of hydrogen-bond donors (Lipinski definition) is 1. The summed E-state index contributed by atoms with van der Waals surface area (Å²) in [4.78, 5) is 0. The smallest absolute Gasteiger partial charge is 0.276 e. The fourth-order valence-corrected chi connectivity index (χ4v) is 3.87. The SMILES string of the molecule is CCNCc1ccc(S(=O)(=O)N2CCCC(C)CC2)o1. The average Bonchev–Trinajstić information content (AvgIpc) is 2.79. The summed E-state index contributed by atoms with van der Waals surface area (Å²) in [5, 5.41) is 3.19. The normalized spacial score (nSPS) is 21.8.